The smallest absolute Gasteiger partial charge is 0.295 e. The number of phenols is 1. The van der Waals surface area contributed by atoms with Gasteiger partial charge >= 0.3 is 0 Å². The van der Waals surface area contributed by atoms with Gasteiger partial charge in [-0.05, 0) is 82.3 Å². The zero-order valence-electron chi connectivity index (χ0n) is 32.9. The van der Waals surface area contributed by atoms with Gasteiger partial charge in [-0.2, -0.15) is 4.57 Å². The number of benzene rings is 7. The first kappa shape index (κ1) is 35.8. The summed E-state index contributed by atoms with van der Waals surface area (Å²) < 4.78 is 4.86. The molecule has 0 unspecified atom stereocenters. The molecule has 8 rings (SSSR count). The molecule has 1 N–H and O–H groups in total. The molecule has 0 saturated heterocycles. The maximum absolute atomic E-state index is 12.1. The minimum absolute atomic E-state index is 0.287. The zero-order valence-corrected chi connectivity index (χ0v) is 32.9. The molecule has 0 aliphatic carbocycles. The molecule has 1 heterocycles. The number of hydrogen-bond acceptors (Lipinski definition) is 1. The fourth-order valence-corrected chi connectivity index (χ4v) is 8.50. The monoisotopic (exact) mass is 717 g/mol. The van der Waals surface area contributed by atoms with E-state index in [0.29, 0.717) is 11.8 Å². The summed E-state index contributed by atoms with van der Waals surface area (Å²) >= 11 is 0. The molecule has 0 radical (unpaired) electrons. The summed E-state index contributed by atoms with van der Waals surface area (Å²) in [5.41, 5.74) is 18.1. The van der Waals surface area contributed by atoms with E-state index in [2.05, 4.69) is 197 Å². The molecule has 0 atom stereocenters. The van der Waals surface area contributed by atoms with Crippen LogP contribution in [0.5, 0.6) is 5.75 Å². The van der Waals surface area contributed by atoms with Gasteiger partial charge in [0.15, 0.2) is 11.0 Å². The van der Waals surface area contributed by atoms with Gasteiger partial charge in [-0.1, -0.05) is 167 Å². The molecule has 3 heteroatoms. The van der Waals surface area contributed by atoms with Gasteiger partial charge < -0.3 is 5.11 Å². The number of para-hydroxylation sites is 4. The predicted molar refractivity (Wildman–Crippen MR) is 231 cm³/mol. The Kier molecular flexibility index (Phi) is 9.49. The first-order chi connectivity index (χ1) is 26.7. The van der Waals surface area contributed by atoms with Crippen LogP contribution in [0.1, 0.15) is 61.8 Å². The first-order valence-electron chi connectivity index (χ1n) is 19.5. The van der Waals surface area contributed by atoms with E-state index in [4.69, 9.17) is 0 Å². The van der Waals surface area contributed by atoms with Crippen LogP contribution in [-0.4, -0.2) is 9.67 Å². The summed E-state index contributed by atoms with van der Waals surface area (Å²) in [6.45, 7) is 13.6. The van der Waals surface area contributed by atoms with E-state index in [0.717, 1.165) is 39.2 Å². The van der Waals surface area contributed by atoms with Gasteiger partial charge in [-0.15, -0.1) is 0 Å². The normalized spacial score (nSPS) is 11.6. The second-order valence-corrected chi connectivity index (χ2v) is 15.4. The Balaban J connectivity index is 1.27. The molecule has 55 heavy (non-hydrogen) atoms. The molecule has 272 valence electrons. The Labute approximate surface area is 325 Å². The molecule has 0 bridgehead atoms. The van der Waals surface area contributed by atoms with Crippen LogP contribution in [0.25, 0.3) is 72.6 Å². The summed E-state index contributed by atoms with van der Waals surface area (Å²) in [5, 5.41) is 12.1. The first-order valence-corrected chi connectivity index (χ1v) is 19.5. The molecule has 0 aliphatic rings. The highest BCUT2D eigenvalue weighted by molar-refractivity contribution is 5.89. The number of nitrogens with zero attached hydrogens (tertiary/aromatic N) is 2. The molecule has 0 fully saturated rings. The third kappa shape index (κ3) is 6.24. The highest BCUT2D eigenvalue weighted by Gasteiger charge is 2.33. The number of fused-ring (bicyclic) bond motifs is 1. The minimum Gasteiger partial charge on any atom is -0.507 e. The lowest BCUT2D eigenvalue weighted by atomic mass is 9.89. The molecular formula is C52H49N2O+. The highest BCUT2D eigenvalue weighted by Crippen LogP contribution is 2.44. The van der Waals surface area contributed by atoms with Crippen LogP contribution in [-0.2, 0) is 7.05 Å². The number of aryl methyl sites for hydroxylation is 2. The fourth-order valence-electron chi connectivity index (χ4n) is 8.50. The van der Waals surface area contributed by atoms with E-state index in [1.807, 2.05) is 12.1 Å². The molecule has 0 spiro atoms. The van der Waals surface area contributed by atoms with Crippen molar-refractivity contribution in [1.82, 2.24) is 4.57 Å². The second kappa shape index (κ2) is 14.6. The Morgan fingerprint density at radius 3 is 1.64 bits per heavy atom. The minimum atomic E-state index is 0.287. The number of aromatic nitrogens is 2. The number of phenolic OH excluding ortho intramolecular Hbond substituents is 1. The van der Waals surface area contributed by atoms with Crippen LogP contribution in [0.2, 0.25) is 0 Å². The van der Waals surface area contributed by atoms with Gasteiger partial charge in [-0.3, -0.25) is 0 Å². The number of imidazole rings is 1. The number of rotatable bonds is 8. The van der Waals surface area contributed by atoms with E-state index in [1.165, 1.54) is 55.7 Å². The topological polar surface area (TPSA) is 29.0 Å². The predicted octanol–water partition coefficient (Wildman–Crippen LogP) is 13.4. The van der Waals surface area contributed by atoms with Crippen LogP contribution in [0.3, 0.4) is 0 Å². The van der Waals surface area contributed by atoms with Crippen molar-refractivity contribution in [2.75, 3.05) is 0 Å². The van der Waals surface area contributed by atoms with Crippen molar-refractivity contribution in [1.29, 1.82) is 0 Å². The maximum atomic E-state index is 12.1. The number of hydrogen-bond donors (Lipinski definition) is 1. The van der Waals surface area contributed by atoms with Crippen molar-refractivity contribution in [3.05, 3.63) is 174 Å². The van der Waals surface area contributed by atoms with Crippen LogP contribution < -0.4 is 4.57 Å². The van der Waals surface area contributed by atoms with Gasteiger partial charge in [0.25, 0.3) is 5.82 Å². The quantitative estimate of drug-likeness (QED) is 0.156. The average Bonchev–Trinajstić information content (AvgIpc) is 3.49. The summed E-state index contributed by atoms with van der Waals surface area (Å²) in [7, 11) is 2.19. The largest absolute Gasteiger partial charge is 0.507 e. The summed E-state index contributed by atoms with van der Waals surface area (Å²) in [6, 6.07) is 53.7. The van der Waals surface area contributed by atoms with Gasteiger partial charge in [0.1, 0.15) is 11.4 Å². The standard InChI is InChI=1S/C52H48N2O/c1-33(2)40-21-15-22-41(34(3)4)50(40)54-48-26-14-13-25-47(48)53(7)52(54)49-35(5)27-32-42(36(49)6)46-24-16-23-45(51(46)55)39-30-28-38(29-31-39)44-20-12-11-19-43(44)37-17-9-8-10-18-37/h8-34H,1-7H3/p+1. The van der Waals surface area contributed by atoms with Gasteiger partial charge in [0.2, 0.25) is 0 Å². The number of aromatic hydroxyl groups is 1. The Bertz CT molecular complexity index is 2650. The zero-order chi connectivity index (χ0) is 38.4. The van der Waals surface area contributed by atoms with E-state index in [9.17, 15) is 5.11 Å². The lowest BCUT2D eigenvalue weighted by Crippen LogP contribution is -2.31. The van der Waals surface area contributed by atoms with Gasteiger partial charge in [0, 0.05) is 22.3 Å². The van der Waals surface area contributed by atoms with Crippen molar-refractivity contribution >= 4 is 11.0 Å². The molecule has 8 aromatic rings. The SMILES string of the molecule is Cc1ccc(-c2cccc(-c3ccc(-c4ccccc4-c4ccccc4)cc3)c2O)c(C)c1-c1n(-c2c(C(C)C)cccc2C(C)C)c2ccccc2[n+]1C. The fraction of sp³-hybridized carbons (Fsp3) is 0.173. The molecule has 0 saturated carbocycles. The maximum Gasteiger partial charge on any atom is 0.295 e. The van der Waals surface area contributed by atoms with Crippen molar-refractivity contribution in [2.45, 2.75) is 53.4 Å². The third-order valence-corrected chi connectivity index (χ3v) is 11.3. The lowest BCUT2D eigenvalue weighted by Gasteiger charge is -2.20. The molecule has 0 aliphatic heterocycles. The van der Waals surface area contributed by atoms with E-state index in [1.54, 1.807) is 0 Å². The summed E-state index contributed by atoms with van der Waals surface area (Å²) in [5.74, 6) is 2.10. The third-order valence-electron chi connectivity index (χ3n) is 11.3. The van der Waals surface area contributed by atoms with Crippen LogP contribution in [0.15, 0.2) is 152 Å². The van der Waals surface area contributed by atoms with Gasteiger partial charge in [0.05, 0.1) is 12.6 Å². The molecule has 3 nitrogen and oxygen atoms in total. The van der Waals surface area contributed by atoms with Crippen molar-refractivity contribution < 1.29 is 9.67 Å². The average molecular weight is 718 g/mol. The van der Waals surface area contributed by atoms with Gasteiger partial charge in [-0.25, -0.2) is 4.57 Å². The summed E-state index contributed by atoms with van der Waals surface area (Å²) in [4.78, 5) is 0. The van der Waals surface area contributed by atoms with Crippen molar-refractivity contribution in [3.8, 4) is 67.3 Å². The Morgan fingerprint density at radius 1 is 0.491 bits per heavy atom. The lowest BCUT2D eigenvalue weighted by molar-refractivity contribution is -0.633. The van der Waals surface area contributed by atoms with E-state index >= 15 is 0 Å². The molecule has 1 aromatic heterocycles. The van der Waals surface area contributed by atoms with Crippen LogP contribution in [0.4, 0.5) is 0 Å². The van der Waals surface area contributed by atoms with E-state index in [-0.39, 0.29) is 5.75 Å². The van der Waals surface area contributed by atoms with Crippen molar-refractivity contribution in [2.24, 2.45) is 7.05 Å². The molecule has 7 aromatic carbocycles. The summed E-state index contributed by atoms with van der Waals surface area (Å²) in [6.07, 6.45) is 0. The van der Waals surface area contributed by atoms with Crippen molar-refractivity contribution in [3.63, 3.8) is 0 Å². The van der Waals surface area contributed by atoms with Crippen LogP contribution in [0, 0.1) is 13.8 Å². The molecule has 0 amide bonds. The second-order valence-electron chi connectivity index (χ2n) is 15.4. The van der Waals surface area contributed by atoms with E-state index < -0.39 is 0 Å². The molecular weight excluding hydrogens is 669 g/mol. The highest BCUT2D eigenvalue weighted by atomic mass is 16.3. The Hall–Kier alpha value is -6.19. The Morgan fingerprint density at radius 2 is 1.00 bits per heavy atom. The van der Waals surface area contributed by atoms with Crippen LogP contribution >= 0.6 is 0 Å².